The predicted molar refractivity (Wildman–Crippen MR) is 106 cm³/mol. The molecule has 5 rings (SSSR count). The summed E-state index contributed by atoms with van der Waals surface area (Å²) in [5.74, 6) is 0.920. The Balaban J connectivity index is 1.78. The summed E-state index contributed by atoms with van der Waals surface area (Å²) in [7, 11) is 0. The first-order chi connectivity index (χ1) is 12.8. The van der Waals surface area contributed by atoms with Crippen molar-refractivity contribution in [3.05, 3.63) is 77.3 Å². The van der Waals surface area contributed by atoms with Crippen molar-refractivity contribution in [3.8, 4) is 11.4 Å². The van der Waals surface area contributed by atoms with E-state index >= 15 is 0 Å². The van der Waals surface area contributed by atoms with Crippen LogP contribution in [0.1, 0.15) is 5.56 Å². The summed E-state index contributed by atoms with van der Waals surface area (Å²) in [6.45, 7) is 0.746. The molecule has 0 aliphatic rings. The van der Waals surface area contributed by atoms with Gasteiger partial charge in [0.25, 0.3) is 0 Å². The van der Waals surface area contributed by atoms with Crippen molar-refractivity contribution in [2.24, 2.45) is 0 Å². The quantitative estimate of drug-likeness (QED) is 0.404. The number of benzene rings is 3. The zero-order chi connectivity index (χ0) is 17.5. The molecule has 2 aromatic heterocycles. The Kier molecular flexibility index (Phi) is 3.86. The van der Waals surface area contributed by atoms with Gasteiger partial charge in [-0.3, -0.25) is 0 Å². The van der Waals surface area contributed by atoms with Crippen LogP contribution < -0.4 is 0 Å². The molecule has 0 aliphatic heterocycles. The fourth-order valence-electron chi connectivity index (χ4n) is 3.18. The van der Waals surface area contributed by atoms with E-state index in [0.29, 0.717) is 0 Å². The van der Waals surface area contributed by atoms with Crippen LogP contribution in [0.4, 0.5) is 0 Å². The van der Waals surface area contributed by atoms with Crippen molar-refractivity contribution in [3.63, 3.8) is 0 Å². The van der Waals surface area contributed by atoms with Crippen LogP contribution in [0, 0.1) is 0 Å². The number of imidazole rings is 1. The van der Waals surface area contributed by atoms with Crippen LogP contribution in [0.15, 0.2) is 66.7 Å². The monoisotopic (exact) mass is 424 g/mol. The molecular weight excluding hydrogens is 411 g/mol. The Hall–Kier alpha value is -2.46. The van der Waals surface area contributed by atoms with Crippen molar-refractivity contribution in [1.82, 2.24) is 17.5 Å². The van der Waals surface area contributed by atoms with Gasteiger partial charge < -0.3 is 0 Å². The van der Waals surface area contributed by atoms with Crippen LogP contribution in [0.3, 0.4) is 0 Å². The summed E-state index contributed by atoms with van der Waals surface area (Å²) in [5.41, 5.74) is 6.14. The molecule has 0 unspecified atom stereocenters. The van der Waals surface area contributed by atoms with E-state index in [1.165, 1.54) is 5.56 Å². The number of fused-ring (bicyclic) bond motifs is 3. The summed E-state index contributed by atoms with van der Waals surface area (Å²) >= 11 is 6.00. The van der Waals surface area contributed by atoms with Crippen LogP contribution in [0.25, 0.3) is 33.5 Å². The average Bonchev–Trinajstić information content (AvgIpc) is 3.28. The van der Waals surface area contributed by atoms with E-state index in [2.05, 4.69) is 42.9 Å². The molecule has 0 fully saturated rings. The molecule has 3 aromatic carbocycles. The molecule has 0 bridgehead atoms. The van der Waals surface area contributed by atoms with Crippen molar-refractivity contribution in [1.29, 1.82) is 0 Å². The molecule has 0 aliphatic carbocycles. The molecular formula is C20H13ClN4Se. The summed E-state index contributed by atoms with van der Waals surface area (Å²) in [6.07, 6.45) is 0. The topological polar surface area (TPSA) is 43.6 Å². The van der Waals surface area contributed by atoms with Crippen molar-refractivity contribution in [2.75, 3.05) is 0 Å². The molecule has 0 atom stereocenters. The van der Waals surface area contributed by atoms with E-state index in [-0.39, 0.29) is 15.0 Å². The van der Waals surface area contributed by atoms with Crippen LogP contribution in [0.5, 0.6) is 0 Å². The van der Waals surface area contributed by atoms with Gasteiger partial charge >= 0.3 is 161 Å². The molecule has 2 heterocycles. The second-order valence-electron chi connectivity index (χ2n) is 6.08. The maximum absolute atomic E-state index is 6.07. The third-order valence-corrected chi connectivity index (χ3v) is 5.82. The fourth-order valence-corrected chi connectivity index (χ4v) is 4.44. The normalized spacial score (nSPS) is 11.4. The van der Waals surface area contributed by atoms with Gasteiger partial charge in [0, 0.05) is 0 Å². The van der Waals surface area contributed by atoms with Gasteiger partial charge in [0.1, 0.15) is 0 Å². The zero-order valence-corrected chi connectivity index (χ0v) is 16.1. The van der Waals surface area contributed by atoms with E-state index in [1.54, 1.807) is 0 Å². The molecule has 5 aromatic rings. The summed E-state index contributed by atoms with van der Waals surface area (Å²) in [5, 5.41) is 0.719. The molecule has 0 spiro atoms. The second kappa shape index (κ2) is 6.36. The van der Waals surface area contributed by atoms with Gasteiger partial charge in [0.05, 0.1) is 0 Å². The number of hydrogen-bond acceptors (Lipinski definition) is 3. The van der Waals surface area contributed by atoms with Gasteiger partial charge in [-0.1, -0.05) is 0 Å². The number of halogens is 1. The van der Waals surface area contributed by atoms with Gasteiger partial charge in [-0.15, -0.1) is 0 Å². The minimum absolute atomic E-state index is 0.0692. The van der Waals surface area contributed by atoms with E-state index < -0.39 is 0 Å². The zero-order valence-electron chi connectivity index (χ0n) is 13.6. The van der Waals surface area contributed by atoms with Crippen LogP contribution >= 0.6 is 11.6 Å². The van der Waals surface area contributed by atoms with Gasteiger partial charge in [0.15, 0.2) is 0 Å². The maximum atomic E-state index is 6.07. The van der Waals surface area contributed by atoms with Gasteiger partial charge in [-0.2, -0.15) is 0 Å². The van der Waals surface area contributed by atoms with E-state index in [4.69, 9.17) is 16.6 Å². The SMILES string of the molecule is Clc1ccc(-c2nc3c4n[se]nc4ccc3n2Cc2ccccc2)cc1. The van der Waals surface area contributed by atoms with Crippen LogP contribution in [-0.2, 0) is 6.54 Å². The predicted octanol–water partition coefficient (Wildman–Crippen LogP) is 4.41. The van der Waals surface area contributed by atoms with Crippen molar-refractivity contribution in [2.45, 2.75) is 6.54 Å². The Bertz CT molecular complexity index is 1210. The number of hydrogen-bond donors (Lipinski definition) is 0. The molecule has 0 N–H and O–H groups in total. The van der Waals surface area contributed by atoms with Gasteiger partial charge in [0.2, 0.25) is 0 Å². The summed E-state index contributed by atoms with van der Waals surface area (Å²) in [6, 6.07) is 22.4. The van der Waals surface area contributed by atoms with Crippen molar-refractivity contribution < 1.29 is 0 Å². The second-order valence-corrected chi connectivity index (χ2v) is 7.62. The first-order valence-corrected chi connectivity index (χ1v) is 10.1. The van der Waals surface area contributed by atoms with Gasteiger partial charge in [-0.25, -0.2) is 0 Å². The van der Waals surface area contributed by atoms with E-state index in [1.807, 2.05) is 36.4 Å². The number of rotatable bonds is 3. The molecule has 4 nitrogen and oxygen atoms in total. The third-order valence-electron chi connectivity index (χ3n) is 4.43. The summed E-state index contributed by atoms with van der Waals surface area (Å²) in [4.78, 5) is 4.96. The van der Waals surface area contributed by atoms with Gasteiger partial charge in [-0.05, 0) is 0 Å². The number of aromatic nitrogens is 4. The number of nitrogens with zero attached hydrogens (tertiary/aromatic N) is 4. The third kappa shape index (κ3) is 2.65. The Morgan fingerprint density at radius 1 is 0.846 bits per heavy atom. The molecule has 0 saturated carbocycles. The van der Waals surface area contributed by atoms with Crippen LogP contribution in [0.2, 0.25) is 5.02 Å². The summed E-state index contributed by atoms with van der Waals surface area (Å²) < 4.78 is 11.3. The molecule has 6 heteroatoms. The Morgan fingerprint density at radius 2 is 1.65 bits per heavy atom. The van der Waals surface area contributed by atoms with E-state index in [0.717, 1.165) is 45.0 Å². The molecule has 26 heavy (non-hydrogen) atoms. The molecule has 0 amide bonds. The average molecular weight is 424 g/mol. The van der Waals surface area contributed by atoms with E-state index in [9.17, 15) is 0 Å². The van der Waals surface area contributed by atoms with Crippen molar-refractivity contribution >= 4 is 48.6 Å². The molecule has 0 saturated heterocycles. The first-order valence-electron chi connectivity index (χ1n) is 8.21. The Labute approximate surface area is 161 Å². The minimum atomic E-state index is -0.0692. The fraction of sp³-hybridized carbons (Fsp3) is 0.0500. The standard InChI is InChI=1S/C20H13ClN4Se/c21-15-8-6-14(7-9-15)20-22-19-17(11-10-16-18(19)24-26-23-16)25(20)12-13-4-2-1-3-5-13/h1-11H,12H2. The van der Waals surface area contributed by atoms with Crippen LogP contribution in [-0.4, -0.2) is 32.5 Å². The molecule has 0 radical (unpaired) electrons. The molecule has 126 valence electrons. The first kappa shape index (κ1) is 15.8. The Morgan fingerprint density at radius 3 is 2.46 bits per heavy atom.